The number of aliphatic hydroxyl groups excluding tert-OH is 1. The highest BCUT2D eigenvalue weighted by molar-refractivity contribution is 5.95. The van der Waals surface area contributed by atoms with Crippen LogP contribution in [0.5, 0.6) is 0 Å². The van der Waals surface area contributed by atoms with Crippen molar-refractivity contribution in [3.8, 4) is 0 Å². The van der Waals surface area contributed by atoms with E-state index in [0.29, 0.717) is 30.8 Å². The van der Waals surface area contributed by atoms with E-state index in [1.807, 2.05) is 26.0 Å². The maximum absolute atomic E-state index is 12.3. The number of anilines is 1. The van der Waals surface area contributed by atoms with Gasteiger partial charge in [0.2, 0.25) is 0 Å². The summed E-state index contributed by atoms with van der Waals surface area (Å²) < 4.78 is 0. The summed E-state index contributed by atoms with van der Waals surface area (Å²) in [5, 5.41) is 9.68. The van der Waals surface area contributed by atoms with E-state index in [1.165, 1.54) is 0 Å². The van der Waals surface area contributed by atoms with Crippen molar-refractivity contribution in [2.45, 2.75) is 26.4 Å². The number of hydrogen-bond acceptors (Lipinski definition) is 3. The fourth-order valence-corrected chi connectivity index (χ4v) is 2.44. The van der Waals surface area contributed by atoms with Gasteiger partial charge in [0.25, 0.3) is 5.91 Å². The Kier molecular flexibility index (Phi) is 3.57. The first-order chi connectivity index (χ1) is 8.47. The molecule has 1 amide bonds. The van der Waals surface area contributed by atoms with E-state index in [-0.39, 0.29) is 17.9 Å². The molecule has 1 saturated heterocycles. The number of aliphatic hydroxyl groups is 1. The Morgan fingerprint density at radius 3 is 2.78 bits per heavy atom. The molecule has 3 N–H and O–H groups in total. The molecule has 0 aliphatic carbocycles. The van der Waals surface area contributed by atoms with Crippen molar-refractivity contribution in [3.05, 3.63) is 29.3 Å². The molecule has 18 heavy (non-hydrogen) atoms. The van der Waals surface area contributed by atoms with Gasteiger partial charge in [0.15, 0.2) is 0 Å². The number of piperidine rings is 1. The molecule has 1 heterocycles. The third-order valence-corrected chi connectivity index (χ3v) is 3.49. The van der Waals surface area contributed by atoms with Crippen LogP contribution in [-0.2, 0) is 0 Å². The van der Waals surface area contributed by atoms with Gasteiger partial charge in [-0.1, -0.05) is 6.92 Å². The first kappa shape index (κ1) is 12.9. The second-order valence-electron chi connectivity index (χ2n) is 5.22. The number of carbonyl (C=O) groups is 1. The number of nitrogen functional groups attached to an aromatic ring is 1. The van der Waals surface area contributed by atoms with Gasteiger partial charge in [-0.15, -0.1) is 0 Å². The van der Waals surface area contributed by atoms with Crippen molar-refractivity contribution in [1.82, 2.24) is 4.90 Å². The normalized spacial score (nSPS) is 24.1. The van der Waals surface area contributed by atoms with Crippen LogP contribution in [0.3, 0.4) is 0 Å². The summed E-state index contributed by atoms with van der Waals surface area (Å²) in [7, 11) is 0. The average molecular weight is 248 g/mol. The number of likely N-dealkylation sites (tertiary alicyclic amines) is 1. The molecule has 4 nitrogen and oxygen atoms in total. The minimum absolute atomic E-state index is 0.00384. The van der Waals surface area contributed by atoms with Crippen molar-refractivity contribution in [2.75, 3.05) is 18.8 Å². The van der Waals surface area contributed by atoms with Crippen LogP contribution >= 0.6 is 0 Å². The number of aryl methyl sites for hydroxylation is 1. The van der Waals surface area contributed by atoms with E-state index in [2.05, 4.69) is 0 Å². The van der Waals surface area contributed by atoms with Crippen molar-refractivity contribution in [2.24, 2.45) is 5.92 Å². The van der Waals surface area contributed by atoms with Crippen LogP contribution in [0.2, 0.25) is 0 Å². The van der Waals surface area contributed by atoms with Crippen LogP contribution in [0.4, 0.5) is 5.69 Å². The van der Waals surface area contributed by atoms with Crippen LogP contribution in [0.15, 0.2) is 18.2 Å². The summed E-state index contributed by atoms with van der Waals surface area (Å²) in [6, 6.07) is 5.42. The van der Waals surface area contributed by atoms with Crippen LogP contribution in [-0.4, -0.2) is 35.1 Å². The molecule has 2 unspecified atom stereocenters. The molecule has 4 heteroatoms. The van der Waals surface area contributed by atoms with Gasteiger partial charge in [-0.05, 0) is 43.0 Å². The van der Waals surface area contributed by atoms with E-state index >= 15 is 0 Å². The molecule has 1 aliphatic heterocycles. The van der Waals surface area contributed by atoms with Crippen molar-refractivity contribution in [3.63, 3.8) is 0 Å². The quantitative estimate of drug-likeness (QED) is 0.739. The molecular weight excluding hydrogens is 228 g/mol. The molecule has 1 fully saturated rings. The summed E-state index contributed by atoms with van der Waals surface area (Å²) in [6.45, 7) is 5.11. The van der Waals surface area contributed by atoms with Gasteiger partial charge in [-0.2, -0.15) is 0 Å². The molecule has 0 bridgehead atoms. The molecule has 0 aromatic heterocycles. The predicted molar refractivity (Wildman–Crippen MR) is 71.3 cm³/mol. The molecule has 1 aliphatic rings. The Hall–Kier alpha value is -1.55. The lowest BCUT2D eigenvalue weighted by molar-refractivity contribution is 0.0297. The summed E-state index contributed by atoms with van der Waals surface area (Å²) in [6.07, 6.45) is 0.352. The van der Waals surface area contributed by atoms with Crippen LogP contribution < -0.4 is 5.73 Å². The average Bonchev–Trinajstić information content (AvgIpc) is 2.30. The largest absolute Gasteiger partial charge is 0.399 e. The number of nitrogens with two attached hydrogens (primary N) is 1. The van der Waals surface area contributed by atoms with Crippen molar-refractivity contribution in [1.29, 1.82) is 0 Å². The SMILES string of the molecule is Cc1cc(N)cc(C(=O)N2CCC(O)C(C)C2)c1. The molecule has 1 aromatic carbocycles. The smallest absolute Gasteiger partial charge is 0.253 e. The van der Waals surface area contributed by atoms with E-state index in [1.54, 1.807) is 11.0 Å². The lowest BCUT2D eigenvalue weighted by Gasteiger charge is -2.34. The van der Waals surface area contributed by atoms with Crippen LogP contribution in [0.25, 0.3) is 0 Å². The van der Waals surface area contributed by atoms with Gasteiger partial charge >= 0.3 is 0 Å². The first-order valence-electron chi connectivity index (χ1n) is 6.32. The van der Waals surface area contributed by atoms with Gasteiger partial charge in [-0.3, -0.25) is 4.79 Å². The van der Waals surface area contributed by atoms with Crippen LogP contribution in [0, 0.1) is 12.8 Å². The van der Waals surface area contributed by atoms with Gasteiger partial charge in [0, 0.05) is 24.3 Å². The van der Waals surface area contributed by atoms with Gasteiger partial charge in [-0.25, -0.2) is 0 Å². The molecule has 0 spiro atoms. The highest BCUT2D eigenvalue weighted by atomic mass is 16.3. The summed E-state index contributed by atoms with van der Waals surface area (Å²) in [5.41, 5.74) is 8.00. The van der Waals surface area contributed by atoms with Crippen LogP contribution in [0.1, 0.15) is 29.3 Å². The summed E-state index contributed by atoms with van der Waals surface area (Å²) in [4.78, 5) is 14.1. The Bertz CT molecular complexity index is 439. The Balaban J connectivity index is 2.16. The number of amides is 1. The zero-order valence-corrected chi connectivity index (χ0v) is 10.9. The second-order valence-corrected chi connectivity index (χ2v) is 5.22. The number of nitrogens with zero attached hydrogens (tertiary/aromatic N) is 1. The van der Waals surface area contributed by atoms with Gasteiger partial charge in [0.05, 0.1) is 6.10 Å². The molecule has 0 saturated carbocycles. The highest BCUT2D eigenvalue weighted by Crippen LogP contribution is 2.20. The Labute approximate surface area is 107 Å². The zero-order chi connectivity index (χ0) is 13.3. The van der Waals surface area contributed by atoms with E-state index in [0.717, 1.165) is 5.56 Å². The maximum Gasteiger partial charge on any atom is 0.253 e. The van der Waals surface area contributed by atoms with Crippen molar-refractivity contribution >= 4 is 11.6 Å². The molecule has 2 atom stereocenters. The fraction of sp³-hybridized carbons (Fsp3) is 0.500. The third-order valence-electron chi connectivity index (χ3n) is 3.49. The molecule has 98 valence electrons. The maximum atomic E-state index is 12.3. The lowest BCUT2D eigenvalue weighted by atomic mass is 9.96. The second kappa shape index (κ2) is 4.98. The first-order valence-corrected chi connectivity index (χ1v) is 6.32. The minimum atomic E-state index is -0.295. The monoisotopic (exact) mass is 248 g/mol. The predicted octanol–water partition coefficient (Wildman–Crippen LogP) is 1.42. The van der Waals surface area contributed by atoms with E-state index < -0.39 is 0 Å². The third kappa shape index (κ3) is 2.64. The Morgan fingerprint density at radius 1 is 1.44 bits per heavy atom. The Morgan fingerprint density at radius 2 is 2.17 bits per heavy atom. The standard InChI is InChI=1S/C14H20N2O2/c1-9-5-11(7-12(15)6-9)14(18)16-4-3-13(17)10(2)8-16/h5-7,10,13,17H,3-4,8,15H2,1-2H3. The number of benzene rings is 1. The van der Waals surface area contributed by atoms with E-state index in [9.17, 15) is 9.90 Å². The molecule has 2 rings (SSSR count). The topological polar surface area (TPSA) is 66.6 Å². The fourth-order valence-electron chi connectivity index (χ4n) is 2.44. The van der Waals surface area contributed by atoms with E-state index in [4.69, 9.17) is 5.73 Å². The summed E-state index contributed by atoms with van der Waals surface area (Å²) in [5.74, 6) is 0.133. The molecular formula is C14H20N2O2. The number of hydrogen-bond donors (Lipinski definition) is 2. The van der Waals surface area contributed by atoms with Crippen molar-refractivity contribution < 1.29 is 9.90 Å². The highest BCUT2D eigenvalue weighted by Gasteiger charge is 2.27. The summed E-state index contributed by atoms with van der Waals surface area (Å²) >= 11 is 0. The number of rotatable bonds is 1. The minimum Gasteiger partial charge on any atom is -0.399 e. The lowest BCUT2D eigenvalue weighted by Crippen LogP contribution is -2.45. The van der Waals surface area contributed by atoms with Gasteiger partial charge in [0.1, 0.15) is 0 Å². The zero-order valence-electron chi connectivity index (χ0n) is 10.9. The molecule has 1 aromatic rings. The molecule has 0 radical (unpaired) electrons. The number of carbonyl (C=O) groups excluding carboxylic acids is 1. The van der Waals surface area contributed by atoms with Gasteiger partial charge < -0.3 is 15.7 Å².